The van der Waals surface area contributed by atoms with Gasteiger partial charge in [0.1, 0.15) is 11.6 Å². The summed E-state index contributed by atoms with van der Waals surface area (Å²) in [4.78, 5) is 23.2. The van der Waals surface area contributed by atoms with Gasteiger partial charge in [-0.1, -0.05) is 12.1 Å². The molecule has 27 heavy (non-hydrogen) atoms. The van der Waals surface area contributed by atoms with Crippen molar-refractivity contribution in [2.24, 2.45) is 0 Å². The minimum absolute atomic E-state index is 0.0615. The number of aryl methyl sites for hydroxylation is 1. The third-order valence-electron chi connectivity index (χ3n) is 4.88. The van der Waals surface area contributed by atoms with E-state index in [0.717, 1.165) is 37.1 Å². The van der Waals surface area contributed by atoms with Gasteiger partial charge in [-0.25, -0.2) is 9.37 Å². The molecule has 7 heteroatoms. The number of rotatable bonds is 5. The van der Waals surface area contributed by atoms with Crippen molar-refractivity contribution in [1.29, 1.82) is 0 Å². The zero-order chi connectivity index (χ0) is 19.4. The second-order valence-electron chi connectivity index (χ2n) is 7.24. The number of nitrogens with zero attached hydrogens (tertiary/aromatic N) is 3. The van der Waals surface area contributed by atoms with E-state index in [1.54, 1.807) is 12.1 Å². The standard InChI is InChI=1S/C20H26FN5O/c1-13-12-22-20(25-18(13)26(2)3)24-15-10-8-14(9-11-15)23-19(27)16-6-4-5-7-17(16)21/h4-7,12,14-15H,8-11H2,1-3H3,(H,23,27)(H,22,24,25)/t14-,15+. The van der Waals surface area contributed by atoms with Crippen molar-refractivity contribution in [1.82, 2.24) is 15.3 Å². The van der Waals surface area contributed by atoms with Gasteiger partial charge in [-0.05, 0) is 44.7 Å². The summed E-state index contributed by atoms with van der Waals surface area (Å²) in [5.41, 5.74) is 1.13. The highest BCUT2D eigenvalue weighted by molar-refractivity contribution is 5.94. The fraction of sp³-hybridized carbons (Fsp3) is 0.450. The molecule has 0 unspecified atom stereocenters. The topological polar surface area (TPSA) is 70.1 Å². The number of aromatic nitrogens is 2. The van der Waals surface area contributed by atoms with Crippen LogP contribution in [-0.2, 0) is 0 Å². The Hall–Kier alpha value is -2.70. The van der Waals surface area contributed by atoms with Gasteiger partial charge in [0, 0.05) is 37.9 Å². The number of nitrogens with one attached hydrogen (secondary N) is 2. The summed E-state index contributed by atoms with van der Waals surface area (Å²) in [6.07, 6.45) is 5.30. The molecule has 2 N–H and O–H groups in total. The quantitative estimate of drug-likeness (QED) is 0.845. The van der Waals surface area contributed by atoms with E-state index >= 15 is 0 Å². The largest absolute Gasteiger partial charge is 0.362 e. The first-order chi connectivity index (χ1) is 12.9. The number of carbonyl (C=O) groups is 1. The molecule has 0 spiro atoms. The van der Waals surface area contributed by atoms with Crippen LogP contribution < -0.4 is 15.5 Å². The van der Waals surface area contributed by atoms with E-state index in [2.05, 4.69) is 20.6 Å². The van der Waals surface area contributed by atoms with Crippen molar-refractivity contribution in [2.75, 3.05) is 24.3 Å². The van der Waals surface area contributed by atoms with Crippen molar-refractivity contribution in [3.63, 3.8) is 0 Å². The van der Waals surface area contributed by atoms with Crippen molar-refractivity contribution >= 4 is 17.7 Å². The first-order valence-electron chi connectivity index (χ1n) is 9.27. The lowest BCUT2D eigenvalue weighted by atomic mass is 9.91. The number of hydrogen-bond donors (Lipinski definition) is 2. The van der Waals surface area contributed by atoms with E-state index in [4.69, 9.17) is 0 Å². The molecule has 1 aromatic heterocycles. The summed E-state index contributed by atoms with van der Waals surface area (Å²) >= 11 is 0. The van der Waals surface area contributed by atoms with E-state index < -0.39 is 5.82 Å². The van der Waals surface area contributed by atoms with Gasteiger partial charge in [-0.2, -0.15) is 4.98 Å². The van der Waals surface area contributed by atoms with Crippen LogP contribution in [0.25, 0.3) is 0 Å². The summed E-state index contributed by atoms with van der Waals surface area (Å²) in [5.74, 6) is 0.696. The minimum Gasteiger partial charge on any atom is -0.362 e. The Morgan fingerprint density at radius 1 is 1.15 bits per heavy atom. The third kappa shape index (κ3) is 4.72. The first-order valence-corrected chi connectivity index (χ1v) is 9.27. The van der Waals surface area contributed by atoms with Crippen LogP contribution in [0.4, 0.5) is 16.2 Å². The highest BCUT2D eigenvalue weighted by Gasteiger charge is 2.24. The molecule has 144 valence electrons. The number of carbonyl (C=O) groups excluding carboxylic acids is 1. The number of hydrogen-bond acceptors (Lipinski definition) is 5. The molecule has 1 aliphatic carbocycles. The Bertz CT molecular complexity index is 803. The van der Waals surface area contributed by atoms with Gasteiger partial charge < -0.3 is 15.5 Å². The average Bonchev–Trinajstić information content (AvgIpc) is 2.65. The van der Waals surface area contributed by atoms with E-state index in [1.807, 2.05) is 32.1 Å². The molecule has 0 bridgehead atoms. The normalized spacial score (nSPS) is 19.4. The van der Waals surface area contributed by atoms with Gasteiger partial charge in [0.25, 0.3) is 5.91 Å². The predicted molar refractivity (Wildman–Crippen MR) is 105 cm³/mol. The smallest absolute Gasteiger partial charge is 0.254 e. The molecule has 1 amide bonds. The second-order valence-corrected chi connectivity index (χ2v) is 7.24. The van der Waals surface area contributed by atoms with Gasteiger partial charge in [0.05, 0.1) is 5.56 Å². The molecule has 1 heterocycles. The fourth-order valence-electron chi connectivity index (χ4n) is 3.43. The molecule has 3 rings (SSSR count). The first kappa shape index (κ1) is 19.1. The van der Waals surface area contributed by atoms with Crippen LogP contribution >= 0.6 is 0 Å². The van der Waals surface area contributed by atoms with E-state index in [9.17, 15) is 9.18 Å². The van der Waals surface area contributed by atoms with Crippen LogP contribution in [0, 0.1) is 12.7 Å². The summed E-state index contributed by atoms with van der Waals surface area (Å²) in [6, 6.07) is 6.39. The summed E-state index contributed by atoms with van der Waals surface area (Å²) in [6.45, 7) is 1.99. The highest BCUT2D eigenvalue weighted by atomic mass is 19.1. The molecule has 1 aliphatic rings. The van der Waals surface area contributed by atoms with Crippen LogP contribution in [0.3, 0.4) is 0 Å². The Labute approximate surface area is 159 Å². The van der Waals surface area contributed by atoms with Crippen molar-refractivity contribution < 1.29 is 9.18 Å². The van der Waals surface area contributed by atoms with Crippen LogP contribution in [0.5, 0.6) is 0 Å². The van der Waals surface area contributed by atoms with E-state index in [0.29, 0.717) is 5.95 Å². The summed E-state index contributed by atoms with van der Waals surface area (Å²) in [5, 5.41) is 6.34. The van der Waals surface area contributed by atoms with Gasteiger partial charge in [0.15, 0.2) is 0 Å². The predicted octanol–water partition coefficient (Wildman–Crippen LogP) is 3.14. The van der Waals surface area contributed by atoms with Crippen LogP contribution in [-0.4, -0.2) is 42.1 Å². The molecule has 0 aliphatic heterocycles. The van der Waals surface area contributed by atoms with Crippen molar-refractivity contribution in [3.8, 4) is 0 Å². The summed E-state index contributed by atoms with van der Waals surface area (Å²) < 4.78 is 13.7. The van der Waals surface area contributed by atoms with Gasteiger partial charge in [-0.15, -0.1) is 0 Å². The minimum atomic E-state index is -0.487. The van der Waals surface area contributed by atoms with Gasteiger partial charge in [0.2, 0.25) is 5.95 Å². The van der Waals surface area contributed by atoms with Crippen LogP contribution in [0.15, 0.2) is 30.5 Å². The fourth-order valence-corrected chi connectivity index (χ4v) is 3.43. The molecule has 0 atom stereocenters. The number of halogens is 1. The lowest BCUT2D eigenvalue weighted by Crippen LogP contribution is -2.40. The lowest BCUT2D eigenvalue weighted by molar-refractivity contribution is 0.0922. The Balaban J connectivity index is 1.53. The molecular formula is C20H26FN5O. The van der Waals surface area contributed by atoms with E-state index in [1.165, 1.54) is 12.1 Å². The maximum Gasteiger partial charge on any atom is 0.254 e. The second kappa shape index (κ2) is 8.33. The SMILES string of the molecule is Cc1cnc(N[C@H]2CC[C@@H](NC(=O)c3ccccc3F)CC2)nc1N(C)C. The van der Waals surface area contributed by atoms with Gasteiger partial charge >= 0.3 is 0 Å². The molecule has 2 aromatic rings. The van der Waals surface area contributed by atoms with Crippen LogP contribution in [0.1, 0.15) is 41.6 Å². The average molecular weight is 371 g/mol. The zero-order valence-corrected chi connectivity index (χ0v) is 16.0. The molecule has 1 saturated carbocycles. The Kier molecular flexibility index (Phi) is 5.88. The Morgan fingerprint density at radius 3 is 2.48 bits per heavy atom. The molecule has 0 saturated heterocycles. The molecule has 1 aromatic carbocycles. The Morgan fingerprint density at radius 2 is 1.81 bits per heavy atom. The maximum atomic E-state index is 13.7. The number of amides is 1. The number of benzene rings is 1. The zero-order valence-electron chi connectivity index (χ0n) is 16.0. The number of anilines is 2. The molecule has 0 radical (unpaired) electrons. The highest BCUT2D eigenvalue weighted by Crippen LogP contribution is 2.23. The van der Waals surface area contributed by atoms with Gasteiger partial charge in [-0.3, -0.25) is 4.79 Å². The van der Waals surface area contributed by atoms with Crippen molar-refractivity contribution in [2.45, 2.75) is 44.7 Å². The van der Waals surface area contributed by atoms with Crippen molar-refractivity contribution in [3.05, 3.63) is 47.4 Å². The summed E-state index contributed by atoms with van der Waals surface area (Å²) in [7, 11) is 3.92. The maximum absolute atomic E-state index is 13.7. The van der Waals surface area contributed by atoms with E-state index in [-0.39, 0.29) is 23.6 Å². The molecule has 1 fully saturated rings. The third-order valence-corrected chi connectivity index (χ3v) is 4.88. The monoisotopic (exact) mass is 371 g/mol. The molecular weight excluding hydrogens is 345 g/mol. The lowest BCUT2D eigenvalue weighted by Gasteiger charge is -2.30. The van der Waals surface area contributed by atoms with Crippen LogP contribution in [0.2, 0.25) is 0 Å². The molecule has 6 nitrogen and oxygen atoms in total.